The van der Waals surface area contributed by atoms with Crippen LogP contribution in [0.5, 0.6) is 0 Å². The minimum Gasteiger partial charge on any atom is -0.309 e. The van der Waals surface area contributed by atoms with Crippen LogP contribution in [0, 0.1) is 0 Å². The van der Waals surface area contributed by atoms with E-state index in [2.05, 4.69) is 452 Å². The molecule has 10 aromatic heterocycles. The van der Waals surface area contributed by atoms with Gasteiger partial charge in [0.2, 0.25) is 17.3 Å². The van der Waals surface area contributed by atoms with E-state index in [1.165, 1.54) is 16.2 Å². The van der Waals surface area contributed by atoms with Crippen molar-refractivity contribution in [2.24, 2.45) is 0 Å². The second-order valence-electron chi connectivity index (χ2n) is 32.7. The van der Waals surface area contributed by atoms with Gasteiger partial charge in [-0.25, -0.2) is 15.0 Å². The van der Waals surface area contributed by atoms with Crippen molar-refractivity contribution in [3.8, 4) is 73.2 Å². The van der Waals surface area contributed by atoms with Gasteiger partial charge in [0.05, 0.1) is 122 Å². The second-order valence-corrected chi connectivity index (χ2v) is 32.7. The molecule has 28 rings (SSSR count). The van der Waals surface area contributed by atoms with Crippen molar-refractivity contribution in [2.75, 3.05) is 0 Å². The molecule has 18 aromatic carbocycles. The highest BCUT2D eigenvalue weighted by Crippen LogP contribution is 2.48. The lowest BCUT2D eigenvalue weighted by atomic mass is 10.00. The smallest absolute Gasteiger partial charge is 0.220 e. The number of para-hydroxylation sites is 16. The Morgan fingerprint density at radius 1 is 0.161 bits per heavy atom. The van der Waals surface area contributed by atoms with Gasteiger partial charge in [0, 0.05) is 82.4 Å². The summed E-state index contributed by atoms with van der Waals surface area (Å²) in [4.78, 5) is 17.0. The Hall–Kier alpha value is -17.0. The molecule has 0 aliphatic carbocycles. The van der Waals surface area contributed by atoms with Gasteiger partial charge in [0.15, 0.2) is 0 Å². The molecule has 0 bridgehead atoms. The zero-order valence-corrected chi connectivity index (χ0v) is 66.5. The van der Waals surface area contributed by atoms with Crippen molar-refractivity contribution in [3.05, 3.63) is 406 Å². The maximum Gasteiger partial charge on any atom is 0.220 e. The molecule has 28 aromatic rings. The number of fused-ring (bicyclic) bond motifs is 29. The van der Waals surface area contributed by atoms with Crippen LogP contribution in [0.25, 0.3) is 244 Å². The molecule has 0 radical (unpaired) electrons. The first kappa shape index (κ1) is 66.9. The molecule has 124 heavy (non-hydrogen) atoms. The summed E-state index contributed by atoms with van der Waals surface area (Å²) in [6, 6.07) is 148. The summed E-state index contributed by atoms with van der Waals surface area (Å²) < 4.78 is 23.9. The lowest BCUT2D eigenvalue weighted by molar-refractivity contribution is 1.11. The van der Waals surface area contributed by atoms with Crippen LogP contribution in [0.4, 0.5) is 0 Å². The highest BCUT2D eigenvalue weighted by Gasteiger charge is 2.30. The van der Waals surface area contributed by atoms with E-state index in [1.807, 2.05) is 0 Å². The summed E-state index contributed by atoms with van der Waals surface area (Å²) in [7, 11) is 0. The molecule has 0 amide bonds. The largest absolute Gasteiger partial charge is 0.309 e. The maximum atomic E-state index is 5.73. The third-order valence-electron chi connectivity index (χ3n) is 26.3. The van der Waals surface area contributed by atoms with Gasteiger partial charge in [0.1, 0.15) is 11.0 Å². The van der Waals surface area contributed by atoms with E-state index in [1.54, 1.807) is 0 Å². The Morgan fingerprint density at radius 2 is 0.492 bits per heavy atom. The summed E-state index contributed by atoms with van der Waals surface area (Å²) in [6.07, 6.45) is 0. The van der Waals surface area contributed by atoms with Gasteiger partial charge in [-0.05, 0) is 187 Å². The SMILES string of the molecule is c1ccc(-n2c3ccccc3n3c4ccc5c6ccccc6n(-c6ccc7c(c6)c6ccccc6n7-c6ccccc6-c6ccccc6-n6c7ccccc7c7cc(-c8ccc9c(c8)n(-c8ccccc8-c8ccccc8-n8c%10ccccc%10c%10ccc%11c(nc%12n(-c%13ccccc%13)c%13ccccc%13n%11%12)c%108)c8nc%10ccccc%10n98)ccc76)c5c4nc23)cc1. The summed E-state index contributed by atoms with van der Waals surface area (Å²) in [5.41, 5.74) is 35.3. The van der Waals surface area contributed by atoms with E-state index in [0.717, 1.165) is 228 Å². The van der Waals surface area contributed by atoms with Crippen LogP contribution in [-0.4, -0.2) is 60.1 Å². The Kier molecular flexibility index (Phi) is 13.6. The second kappa shape index (κ2) is 25.3. The van der Waals surface area contributed by atoms with Crippen LogP contribution in [-0.2, 0) is 0 Å². The van der Waals surface area contributed by atoms with E-state index in [9.17, 15) is 0 Å². The van der Waals surface area contributed by atoms with Crippen molar-refractivity contribution in [2.45, 2.75) is 0 Å². The van der Waals surface area contributed by atoms with Crippen molar-refractivity contribution in [1.29, 1.82) is 0 Å². The minimum absolute atomic E-state index is 0.831. The Morgan fingerprint density at radius 3 is 1.01 bits per heavy atom. The molecule has 13 nitrogen and oxygen atoms in total. The van der Waals surface area contributed by atoms with Gasteiger partial charge >= 0.3 is 0 Å². The predicted molar refractivity (Wildman–Crippen MR) is 509 cm³/mol. The summed E-state index contributed by atoms with van der Waals surface area (Å²) >= 11 is 0. The van der Waals surface area contributed by atoms with Crippen molar-refractivity contribution in [3.63, 3.8) is 0 Å². The van der Waals surface area contributed by atoms with Gasteiger partial charge in [-0.3, -0.25) is 26.9 Å². The van der Waals surface area contributed by atoms with Gasteiger partial charge in [-0.1, -0.05) is 231 Å². The third-order valence-corrected chi connectivity index (χ3v) is 26.3. The molecule has 0 saturated carbocycles. The zero-order chi connectivity index (χ0) is 80.7. The number of hydrogen-bond donors (Lipinski definition) is 0. The summed E-state index contributed by atoms with van der Waals surface area (Å²) in [5.74, 6) is 2.57. The molecular formula is C111H67N13. The lowest BCUT2D eigenvalue weighted by Crippen LogP contribution is -2.02. The normalized spacial score (nSPS) is 12.4. The molecule has 576 valence electrons. The first-order valence-corrected chi connectivity index (χ1v) is 42.3. The van der Waals surface area contributed by atoms with Crippen molar-refractivity contribution < 1.29 is 0 Å². The Labute approximate surface area is 705 Å². The predicted octanol–water partition coefficient (Wildman–Crippen LogP) is 27.3. The molecule has 0 saturated heterocycles. The summed E-state index contributed by atoms with van der Waals surface area (Å²) in [5, 5.41) is 9.30. The van der Waals surface area contributed by atoms with Gasteiger partial charge < -0.3 is 18.3 Å². The zero-order valence-electron chi connectivity index (χ0n) is 66.5. The van der Waals surface area contributed by atoms with E-state index < -0.39 is 0 Å². The van der Waals surface area contributed by atoms with Gasteiger partial charge in [-0.15, -0.1) is 0 Å². The molecule has 0 aliphatic rings. The van der Waals surface area contributed by atoms with Crippen LogP contribution >= 0.6 is 0 Å². The monoisotopic (exact) mass is 1580 g/mol. The maximum absolute atomic E-state index is 5.73. The lowest BCUT2D eigenvalue weighted by Gasteiger charge is -2.18. The summed E-state index contributed by atoms with van der Waals surface area (Å²) in [6.45, 7) is 0. The number of hydrogen-bond acceptors (Lipinski definition) is 3. The average molecular weight is 1580 g/mol. The quantitative estimate of drug-likeness (QED) is 0.137. The van der Waals surface area contributed by atoms with E-state index in [4.69, 9.17) is 15.0 Å². The molecular weight excluding hydrogens is 1520 g/mol. The number of aromatic nitrogens is 13. The fourth-order valence-electron chi connectivity index (χ4n) is 21.2. The van der Waals surface area contributed by atoms with Gasteiger partial charge in [0.25, 0.3) is 0 Å². The Bertz CT molecular complexity index is 9470. The molecule has 0 fully saturated rings. The molecule has 0 N–H and O–H groups in total. The van der Waals surface area contributed by atoms with E-state index in [-0.39, 0.29) is 0 Å². The van der Waals surface area contributed by atoms with Crippen molar-refractivity contribution in [1.82, 2.24) is 60.1 Å². The number of imidazole rings is 6. The minimum atomic E-state index is 0.831. The standard InChI is InChI=1S/C111H67N13/c1-3-29-70(30-4-1)116-97-51-25-27-53-99(97)123-102-63-58-81-77-37-11-16-42-86(77)115(107(81)105(102)113-110(116)123)72-57-62-95-84(67-72)80-40-14-20-46-90(80)119(95)88-44-18-8-34-74(88)73-33-7-17-43-87(73)118-89-45-19-13-39-79(89)83-65-68(55-60-94(83)118)69-56-61-101-104(66-69)121(109-112-85-41-15-24-50-96(85)122(101)109)93-49-23-10-36-76(93)75-35-9-21-47-91(75)120-92-48-22-12-38-78(92)82-59-64-103-106(108(82)120)114-111-117(71-31-5-2-6-32-71)98-52-26-28-54-100(98)124(103)111/h1-67H. The highest BCUT2D eigenvalue weighted by molar-refractivity contribution is 6.21. The van der Waals surface area contributed by atoms with E-state index >= 15 is 0 Å². The number of benzene rings is 18. The topological polar surface area (TPSA) is 86.4 Å². The molecule has 0 spiro atoms. The highest BCUT2D eigenvalue weighted by atomic mass is 15.2. The average Bonchev–Trinajstić information content (AvgIpc) is 1.54. The number of rotatable bonds is 10. The van der Waals surface area contributed by atoms with Crippen LogP contribution in [0.3, 0.4) is 0 Å². The van der Waals surface area contributed by atoms with Gasteiger partial charge in [-0.2, -0.15) is 0 Å². The van der Waals surface area contributed by atoms with Crippen LogP contribution in [0.2, 0.25) is 0 Å². The van der Waals surface area contributed by atoms with Crippen molar-refractivity contribution >= 4 is 171 Å². The number of nitrogens with zero attached hydrogens (tertiary/aromatic N) is 13. The third kappa shape index (κ3) is 9.11. The first-order chi connectivity index (χ1) is 61.6. The van der Waals surface area contributed by atoms with Crippen LogP contribution in [0.15, 0.2) is 406 Å². The molecule has 10 heterocycles. The molecule has 0 unspecified atom stereocenters. The van der Waals surface area contributed by atoms with Crippen LogP contribution < -0.4 is 0 Å². The fourth-order valence-corrected chi connectivity index (χ4v) is 21.2. The van der Waals surface area contributed by atoms with E-state index in [0.29, 0.717) is 0 Å². The fraction of sp³-hybridized carbons (Fsp3) is 0. The molecule has 13 heteroatoms. The Balaban J connectivity index is 0.585. The molecule has 0 atom stereocenters. The molecule has 0 aliphatic heterocycles. The van der Waals surface area contributed by atoms with Crippen LogP contribution in [0.1, 0.15) is 0 Å². The first-order valence-electron chi connectivity index (χ1n) is 42.3.